The summed E-state index contributed by atoms with van der Waals surface area (Å²) in [6, 6.07) is 78.9. The average Bonchev–Trinajstić information content (AvgIpc) is 0.867. The summed E-state index contributed by atoms with van der Waals surface area (Å²) in [5.41, 5.74) is 7.55. The molecule has 20 heteroatoms. The maximum absolute atomic E-state index is 11.4. The molecule has 0 bridgehead atoms. The van der Waals surface area contributed by atoms with Crippen LogP contribution in [0, 0.1) is 0 Å². The van der Waals surface area contributed by atoms with Gasteiger partial charge in [-0.15, -0.1) is 0 Å². The van der Waals surface area contributed by atoms with Crippen LogP contribution in [0.4, 0.5) is 0 Å². The van der Waals surface area contributed by atoms with Crippen molar-refractivity contribution in [3.05, 3.63) is 281 Å². The van der Waals surface area contributed by atoms with E-state index in [0.717, 1.165) is 93.0 Å². The van der Waals surface area contributed by atoms with E-state index in [9.17, 15) is 51.1 Å². The molecular formula is C98H70Br2O18. The van der Waals surface area contributed by atoms with Gasteiger partial charge in [0.05, 0.1) is 31.2 Å². The predicted octanol–water partition coefficient (Wildman–Crippen LogP) is 23.0. The van der Waals surface area contributed by atoms with E-state index in [1.54, 1.807) is 36.4 Å². The van der Waals surface area contributed by atoms with Crippen molar-refractivity contribution in [1.82, 2.24) is 0 Å². The number of benzene rings is 17. The van der Waals surface area contributed by atoms with Crippen molar-refractivity contribution in [3.8, 4) is 159 Å². The molecule has 17 aromatic carbocycles. The third-order valence-electron chi connectivity index (χ3n) is 21.4. The number of aromatic hydroxyl groups is 10. The fourth-order valence-electron chi connectivity index (χ4n) is 16.2. The second kappa shape index (κ2) is 31.5. The molecule has 0 saturated heterocycles. The summed E-state index contributed by atoms with van der Waals surface area (Å²) >= 11 is 6.86. The Hall–Kier alpha value is -14.3. The molecule has 0 saturated carbocycles. The Labute approximate surface area is 690 Å². The molecule has 17 aromatic rings. The first-order valence-corrected chi connectivity index (χ1v) is 39.4. The van der Waals surface area contributed by atoms with Crippen molar-refractivity contribution in [2.24, 2.45) is 0 Å². The molecule has 22 rings (SSSR count). The van der Waals surface area contributed by atoms with Crippen molar-refractivity contribution >= 4 is 113 Å². The minimum Gasteiger partial charge on any atom is -0.507 e. The number of allylic oxidation sites excluding steroid dienone is 1. The van der Waals surface area contributed by atoms with Crippen molar-refractivity contribution in [2.45, 2.75) is 6.42 Å². The number of hydrogen-bond acceptors (Lipinski definition) is 18. The average molecular weight is 1700 g/mol. The lowest BCUT2D eigenvalue weighted by Crippen LogP contribution is -2.17. The molecule has 10 N–H and O–H groups in total. The molecule has 0 fully saturated rings. The van der Waals surface area contributed by atoms with Crippen LogP contribution in [0.5, 0.6) is 103 Å². The smallest absolute Gasteiger partial charge is 0.231 e. The van der Waals surface area contributed by atoms with Crippen LogP contribution in [0.15, 0.2) is 270 Å². The lowest BCUT2D eigenvalue weighted by molar-refractivity contribution is 0.168. The van der Waals surface area contributed by atoms with Gasteiger partial charge >= 0.3 is 0 Å². The minimum absolute atomic E-state index is 0.0258. The topological polar surface area (TPSA) is 276 Å². The summed E-state index contributed by atoms with van der Waals surface area (Å²) in [5, 5.41) is 119. The third kappa shape index (κ3) is 13.4. The normalized spacial score (nSPS) is 13.1. The van der Waals surface area contributed by atoms with E-state index in [1.165, 1.54) is 29.8 Å². The summed E-state index contributed by atoms with van der Waals surface area (Å²) in [6.45, 7) is 2.50. The number of phenols is 10. The lowest BCUT2D eigenvalue weighted by Gasteiger charge is -2.25. The molecule has 18 nitrogen and oxygen atoms in total. The highest BCUT2D eigenvalue weighted by molar-refractivity contribution is 9.11. The van der Waals surface area contributed by atoms with E-state index >= 15 is 0 Å². The minimum atomic E-state index is -0.0304. The van der Waals surface area contributed by atoms with Crippen molar-refractivity contribution < 1.29 is 89.0 Å². The van der Waals surface area contributed by atoms with Crippen LogP contribution in [0.1, 0.15) is 11.1 Å². The first-order chi connectivity index (χ1) is 57.6. The van der Waals surface area contributed by atoms with Crippen LogP contribution in [0.25, 0.3) is 137 Å². The highest BCUT2D eigenvalue weighted by Crippen LogP contribution is 2.58. The molecular weight excluding hydrogens is 1620 g/mol. The van der Waals surface area contributed by atoms with Gasteiger partial charge in [-0.25, -0.2) is 0 Å². The van der Waals surface area contributed by atoms with Crippen LogP contribution in [-0.4, -0.2) is 97.5 Å². The van der Waals surface area contributed by atoms with Crippen LogP contribution in [0.3, 0.4) is 0 Å². The van der Waals surface area contributed by atoms with Gasteiger partial charge in [-0.05, 0) is 187 Å². The van der Waals surface area contributed by atoms with Crippen molar-refractivity contribution in [2.75, 3.05) is 46.4 Å². The number of halogens is 2. The van der Waals surface area contributed by atoms with Gasteiger partial charge in [-0.2, -0.15) is 0 Å². The summed E-state index contributed by atoms with van der Waals surface area (Å²) < 4.78 is 45.4. The number of fused-ring (bicyclic) bond motifs is 14. The number of ether oxygens (including phenoxy) is 8. The molecule has 5 aliphatic rings. The Morgan fingerprint density at radius 3 is 0.949 bits per heavy atom. The van der Waals surface area contributed by atoms with Gasteiger partial charge in [0, 0.05) is 44.2 Å². The molecule has 0 unspecified atom stereocenters. The molecule has 0 radical (unpaired) electrons. The fourth-order valence-corrected chi connectivity index (χ4v) is 17.1. The van der Waals surface area contributed by atoms with E-state index in [4.69, 9.17) is 37.9 Å². The Balaban J connectivity index is 0.000000102. The quantitative estimate of drug-likeness (QED) is 0.0717. The summed E-state index contributed by atoms with van der Waals surface area (Å²) in [5.74, 6) is 4.53. The van der Waals surface area contributed by atoms with Gasteiger partial charge in [0.25, 0.3) is 0 Å². The second-order valence-electron chi connectivity index (χ2n) is 28.2. The molecule has 1 aliphatic carbocycles. The maximum Gasteiger partial charge on any atom is 0.231 e. The van der Waals surface area contributed by atoms with Gasteiger partial charge in [0.15, 0.2) is 46.0 Å². The Morgan fingerprint density at radius 1 is 0.229 bits per heavy atom. The van der Waals surface area contributed by atoms with Gasteiger partial charge < -0.3 is 89.0 Å². The first-order valence-electron chi connectivity index (χ1n) is 37.9. The van der Waals surface area contributed by atoms with Crippen LogP contribution in [0.2, 0.25) is 0 Å². The first kappa shape index (κ1) is 75.0. The number of rotatable bonds is 5. The number of phenolic OH excluding ortho intramolecular Hbond substituents is 10. The highest BCUT2D eigenvalue weighted by atomic mass is 79.9. The predicted molar refractivity (Wildman–Crippen MR) is 466 cm³/mol. The maximum atomic E-state index is 11.4. The Kier molecular flexibility index (Phi) is 20.0. The monoisotopic (exact) mass is 1690 g/mol. The third-order valence-corrected chi connectivity index (χ3v) is 22.6. The van der Waals surface area contributed by atoms with E-state index < -0.39 is 0 Å². The lowest BCUT2D eigenvalue weighted by atomic mass is 9.87. The van der Waals surface area contributed by atoms with E-state index in [2.05, 4.69) is 50.1 Å². The van der Waals surface area contributed by atoms with E-state index in [-0.39, 0.29) is 64.3 Å². The summed E-state index contributed by atoms with van der Waals surface area (Å²) in [6.07, 6.45) is 4.97. The Morgan fingerprint density at radius 2 is 0.525 bits per heavy atom. The zero-order chi connectivity index (χ0) is 81.0. The van der Waals surface area contributed by atoms with Gasteiger partial charge in [0.1, 0.15) is 97.1 Å². The zero-order valence-electron chi connectivity index (χ0n) is 62.6. The van der Waals surface area contributed by atoms with Crippen molar-refractivity contribution in [1.29, 1.82) is 0 Å². The van der Waals surface area contributed by atoms with Crippen LogP contribution < -0.4 is 37.9 Å². The molecule has 0 amide bonds. The van der Waals surface area contributed by atoms with Gasteiger partial charge in [0.2, 0.25) is 6.79 Å². The van der Waals surface area contributed by atoms with Crippen LogP contribution in [-0.2, 0) is 6.42 Å². The SMILES string of the molecule is Oc1c(-c2c(O)c3ccccc3c3ccccc23)c2ccccc2c2ccccc12.Oc1c(Br)cc2ccccc2c1-c1c(O)c(Br)cc2ccccc12.Oc1ccc2c(c1-c1c(O)ccc3c1OCCO3)OCCO2.Oc1ccc2c(c1-c1c(O)ccc3c1OCO3)OCCO2.Oc1ccc2c(c1-c1c(O)ccc3ccccc13)C=CC2. The van der Waals surface area contributed by atoms with Gasteiger partial charge in [-0.3, -0.25) is 0 Å². The van der Waals surface area contributed by atoms with Crippen molar-refractivity contribution in [3.63, 3.8) is 0 Å². The molecule has 584 valence electrons. The molecule has 0 spiro atoms. The summed E-state index contributed by atoms with van der Waals surface area (Å²) in [4.78, 5) is 0. The number of hydrogen-bond donors (Lipinski definition) is 10. The molecule has 4 heterocycles. The zero-order valence-corrected chi connectivity index (χ0v) is 65.7. The largest absolute Gasteiger partial charge is 0.507 e. The van der Waals surface area contributed by atoms with Gasteiger partial charge in [-0.1, -0.05) is 194 Å². The van der Waals surface area contributed by atoms with E-state index in [0.29, 0.717) is 145 Å². The highest BCUT2D eigenvalue weighted by Gasteiger charge is 2.33. The fraction of sp³-hybridized carbons (Fsp3) is 0.0816. The summed E-state index contributed by atoms with van der Waals surface area (Å²) in [7, 11) is 0. The molecule has 4 aliphatic heterocycles. The second-order valence-corrected chi connectivity index (χ2v) is 29.9. The van der Waals surface area contributed by atoms with E-state index in [1.807, 2.05) is 188 Å². The van der Waals surface area contributed by atoms with Crippen LogP contribution >= 0.6 is 31.9 Å². The Bertz CT molecular complexity index is 6690. The molecule has 0 aromatic heterocycles. The molecule has 0 atom stereocenters. The standard InChI is InChI=1S/C28H18O2.C20H12Br2O2.C19H14O2.C16H14O6.C15H12O6/c29-27-23-15-7-3-11-19(23)17-9-1-5-13-21(17)25(27)26-22-14-6-2-10-18(22)20-12-4-8-16-24(20)28(26)30;21-15-9-11-5-1-3-7-13(11)17(19(15)23)18-14-8-4-2-6-12(14)10-16(22)20(18)24;20-16-10-8-12-4-1-2-6-14(12)18(16)19-15-7-3-5-13(15)9-11-17(19)21;17-9-1-3-11-15(21-7-5-19-11)13(9)14-10(18)2-4-12-16(14)22-8-6-20-12;16-8-1-3-10-14(19-6-5-18-10)12(8)13-9(17)2-4-11-15(13)21-7-20-11/h1-16,29-30H;1-10,23-24H;1-4,6-11,20-21H,5H2;1-4,17-18H,5-8H2;1-4,16-17H,5-7H2. The molecule has 118 heavy (non-hydrogen) atoms.